The van der Waals surface area contributed by atoms with Gasteiger partial charge in [0.2, 0.25) is 0 Å². The first-order chi connectivity index (χ1) is 14.5. The maximum absolute atomic E-state index is 13.4. The van der Waals surface area contributed by atoms with E-state index >= 15 is 0 Å². The first kappa shape index (κ1) is 21.2. The van der Waals surface area contributed by atoms with Gasteiger partial charge >= 0.3 is 0 Å². The first-order valence-electron chi connectivity index (χ1n) is 10.4. The summed E-state index contributed by atoms with van der Waals surface area (Å²) in [6, 6.07) is 16.3. The number of thioether (sulfide) groups is 1. The number of anilines is 1. The van der Waals surface area contributed by atoms with Crippen LogP contribution >= 0.6 is 27.7 Å². The van der Waals surface area contributed by atoms with Gasteiger partial charge in [-0.05, 0) is 76.4 Å². The van der Waals surface area contributed by atoms with E-state index in [1.54, 1.807) is 0 Å². The predicted molar refractivity (Wildman–Crippen MR) is 131 cm³/mol. The van der Waals surface area contributed by atoms with E-state index in [2.05, 4.69) is 39.0 Å². The van der Waals surface area contributed by atoms with Crippen molar-refractivity contribution in [2.24, 2.45) is 4.99 Å². The average molecular weight is 484 g/mol. The molecule has 6 heteroatoms. The van der Waals surface area contributed by atoms with Gasteiger partial charge in [-0.1, -0.05) is 43.5 Å². The van der Waals surface area contributed by atoms with Crippen LogP contribution < -0.4 is 4.90 Å². The lowest BCUT2D eigenvalue weighted by atomic mass is 9.94. The van der Waals surface area contributed by atoms with Crippen LogP contribution in [-0.2, 0) is 4.79 Å². The fraction of sp³-hybridized carbons (Fsp3) is 0.333. The summed E-state index contributed by atoms with van der Waals surface area (Å²) in [6.45, 7) is 0. The van der Waals surface area contributed by atoms with Gasteiger partial charge in [0.25, 0.3) is 5.91 Å². The van der Waals surface area contributed by atoms with Gasteiger partial charge in [0.15, 0.2) is 5.17 Å². The number of carbonyl (C=O) groups excluding carboxylic acids is 1. The highest BCUT2D eigenvalue weighted by Crippen LogP contribution is 2.39. The number of amidine groups is 1. The number of carbonyl (C=O) groups is 1. The number of hydrogen-bond acceptors (Lipinski definition) is 4. The summed E-state index contributed by atoms with van der Waals surface area (Å²) < 4.78 is 1.01. The Morgan fingerprint density at radius 3 is 2.50 bits per heavy atom. The molecule has 1 aliphatic carbocycles. The summed E-state index contributed by atoms with van der Waals surface area (Å²) >= 11 is 5.13. The summed E-state index contributed by atoms with van der Waals surface area (Å²) in [5, 5.41) is 0.799. The van der Waals surface area contributed by atoms with Crippen LogP contribution in [0.3, 0.4) is 0 Å². The molecule has 4 rings (SSSR count). The predicted octanol–water partition coefficient (Wildman–Crippen LogP) is 6.45. The molecule has 2 fully saturated rings. The third kappa shape index (κ3) is 4.65. The maximum atomic E-state index is 13.4. The number of aliphatic imine (C=N–C) groups is 1. The molecule has 0 radical (unpaired) electrons. The quantitative estimate of drug-likeness (QED) is 0.468. The zero-order valence-corrected chi connectivity index (χ0v) is 19.7. The van der Waals surface area contributed by atoms with Crippen molar-refractivity contribution in [2.75, 3.05) is 19.0 Å². The molecule has 30 heavy (non-hydrogen) atoms. The molecule has 2 aliphatic rings. The van der Waals surface area contributed by atoms with E-state index in [4.69, 9.17) is 4.99 Å². The highest BCUT2D eigenvalue weighted by atomic mass is 79.9. The summed E-state index contributed by atoms with van der Waals surface area (Å²) in [5.41, 5.74) is 3.00. The number of benzene rings is 2. The molecule has 1 heterocycles. The molecule has 156 valence electrons. The lowest BCUT2D eigenvalue weighted by Crippen LogP contribution is -2.40. The molecule has 4 nitrogen and oxygen atoms in total. The van der Waals surface area contributed by atoms with E-state index < -0.39 is 0 Å². The second kappa shape index (κ2) is 9.40. The Labute approximate surface area is 191 Å². The summed E-state index contributed by atoms with van der Waals surface area (Å²) in [4.78, 5) is 23.0. The van der Waals surface area contributed by atoms with E-state index in [9.17, 15) is 4.79 Å². The van der Waals surface area contributed by atoms with Crippen molar-refractivity contribution in [1.82, 2.24) is 4.90 Å². The van der Waals surface area contributed by atoms with Crippen LogP contribution in [0.5, 0.6) is 0 Å². The molecular weight excluding hydrogens is 458 g/mol. The fourth-order valence-electron chi connectivity index (χ4n) is 3.97. The third-order valence-electron chi connectivity index (χ3n) is 5.51. The Morgan fingerprint density at radius 2 is 1.83 bits per heavy atom. The Morgan fingerprint density at radius 1 is 1.10 bits per heavy atom. The van der Waals surface area contributed by atoms with Crippen LogP contribution in [0.1, 0.15) is 37.7 Å². The van der Waals surface area contributed by atoms with Crippen LogP contribution in [0.25, 0.3) is 6.08 Å². The van der Waals surface area contributed by atoms with Gasteiger partial charge in [0.05, 0.1) is 16.3 Å². The normalized spacial score (nSPS) is 20.4. The lowest BCUT2D eigenvalue weighted by Gasteiger charge is -2.30. The lowest BCUT2D eigenvalue weighted by molar-refractivity contribution is -0.124. The van der Waals surface area contributed by atoms with Crippen molar-refractivity contribution < 1.29 is 4.79 Å². The second-order valence-corrected chi connectivity index (χ2v) is 9.78. The molecule has 0 unspecified atom stereocenters. The van der Waals surface area contributed by atoms with E-state index in [0.29, 0.717) is 0 Å². The molecule has 1 amide bonds. The van der Waals surface area contributed by atoms with Crippen LogP contribution in [0.2, 0.25) is 0 Å². The SMILES string of the molecule is CN(C)c1ccc(/C=C2\SC(=Nc3ccccc3)N(C3CCCCC3)C2=O)cc1Br. The molecule has 2 aromatic carbocycles. The second-order valence-electron chi connectivity index (χ2n) is 7.91. The van der Waals surface area contributed by atoms with Crippen molar-refractivity contribution >= 4 is 56.2 Å². The fourth-order valence-corrected chi connectivity index (χ4v) is 5.78. The molecule has 1 saturated carbocycles. The highest BCUT2D eigenvalue weighted by Gasteiger charge is 2.38. The zero-order chi connectivity index (χ0) is 21.1. The molecule has 0 bridgehead atoms. The van der Waals surface area contributed by atoms with Crippen LogP contribution in [0.4, 0.5) is 11.4 Å². The Kier molecular flexibility index (Phi) is 6.64. The molecule has 1 aliphatic heterocycles. The molecule has 2 aromatic rings. The Balaban J connectivity index is 1.68. The monoisotopic (exact) mass is 483 g/mol. The molecular formula is C24H26BrN3OS. The van der Waals surface area contributed by atoms with E-state index in [1.807, 2.05) is 55.4 Å². The van der Waals surface area contributed by atoms with Crippen molar-refractivity contribution in [3.63, 3.8) is 0 Å². The molecule has 0 N–H and O–H groups in total. The minimum atomic E-state index is 0.0781. The number of amides is 1. The summed E-state index contributed by atoms with van der Waals surface area (Å²) in [5.74, 6) is 0.0781. The zero-order valence-electron chi connectivity index (χ0n) is 17.3. The van der Waals surface area contributed by atoms with Gasteiger partial charge in [-0.25, -0.2) is 4.99 Å². The topological polar surface area (TPSA) is 35.9 Å². The number of halogens is 1. The molecule has 0 spiro atoms. The molecule has 0 atom stereocenters. The van der Waals surface area contributed by atoms with Gasteiger partial charge in [-0.2, -0.15) is 0 Å². The maximum Gasteiger partial charge on any atom is 0.267 e. The standard InChI is InChI=1S/C24H26BrN3OS/c1-27(2)21-14-13-17(15-20(21)25)16-22-23(29)28(19-11-7-4-8-12-19)24(30-22)26-18-9-5-3-6-10-18/h3,5-6,9-10,13-16,19H,4,7-8,11-12H2,1-2H3/b22-16-,26-24?. The van der Waals surface area contributed by atoms with Crippen molar-refractivity contribution in [3.05, 3.63) is 63.5 Å². The van der Waals surface area contributed by atoms with E-state index in [-0.39, 0.29) is 11.9 Å². The van der Waals surface area contributed by atoms with Gasteiger partial charge in [0.1, 0.15) is 0 Å². The third-order valence-corrected chi connectivity index (χ3v) is 7.13. The van der Waals surface area contributed by atoms with Gasteiger partial charge in [-0.3, -0.25) is 9.69 Å². The number of nitrogens with zero attached hydrogens (tertiary/aromatic N) is 3. The smallest absolute Gasteiger partial charge is 0.267 e. The van der Waals surface area contributed by atoms with Gasteiger partial charge in [0, 0.05) is 24.6 Å². The number of rotatable bonds is 4. The highest BCUT2D eigenvalue weighted by molar-refractivity contribution is 9.10. The van der Waals surface area contributed by atoms with Crippen LogP contribution in [-0.4, -0.2) is 36.1 Å². The molecule has 1 saturated heterocycles. The van der Waals surface area contributed by atoms with Crippen LogP contribution in [0, 0.1) is 0 Å². The van der Waals surface area contributed by atoms with Crippen molar-refractivity contribution in [1.29, 1.82) is 0 Å². The summed E-state index contributed by atoms with van der Waals surface area (Å²) in [6.07, 6.45) is 7.70. The first-order valence-corrected chi connectivity index (χ1v) is 12.0. The number of para-hydroxylation sites is 1. The van der Waals surface area contributed by atoms with Crippen LogP contribution in [0.15, 0.2) is 62.9 Å². The minimum Gasteiger partial charge on any atom is -0.377 e. The molecule has 0 aromatic heterocycles. The Hall–Kier alpha value is -2.05. The van der Waals surface area contributed by atoms with E-state index in [0.717, 1.165) is 44.3 Å². The largest absolute Gasteiger partial charge is 0.377 e. The summed E-state index contributed by atoms with van der Waals surface area (Å²) in [7, 11) is 4.03. The van der Waals surface area contributed by atoms with Crippen molar-refractivity contribution in [3.8, 4) is 0 Å². The Bertz CT molecular complexity index is 981. The van der Waals surface area contributed by atoms with Gasteiger partial charge in [-0.15, -0.1) is 0 Å². The van der Waals surface area contributed by atoms with E-state index in [1.165, 1.54) is 31.0 Å². The van der Waals surface area contributed by atoms with Gasteiger partial charge < -0.3 is 4.90 Å². The number of hydrogen-bond donors (Lipinski definition) is 0. The van der Waals surface area contributed by atoms with Crippen molar-refractivity contribution in [2.45, 2.75) is 38.1 Å². The minimum absolute atomic E-state index is 0.0781. The average Bonchev–Trinajstić information content (AvgIpc) is 3.04.